The second-order valence-electron chi connectivity index (χ2n) is 6.92. The fraction of sp³-hybridized carbons (Fsp3) is 0.450. The van der Waals surface area contributed by atoms with Crippen LogP contribution in [0.25, 0.3) is 11.3 Å². The van der Waals surface area contributed by atoms with Crippen LogP contribution in [0.15, 0.2) is 40.2 Å². The molecule has 1 aliphatic rings. The molecule has 5 nitrogen and oxygen atoms in total. The van der Waals surface area contributed by atoms with Gasteiger partial charge in [0.25, 0.3) is 0 Å². The SMILES string of the molecule is CC(NCc1nc(-c2ccccc2)cs1)c1nc(C2CCCCC2)no1. The Labute approximate surface area is 157 Å². The summed E-state index contributed by atoms with van der Waals surface area (Å²) in [4.78, 5) is 9.36. The maximum Gasteiger partial charge on any atom is 0.243 e. The quantitative estimate of drug-likeness (QED) is 0.656. The van der Waals surface area contributed by atoms with Gasteiger partial charge in [-0.25, -0.2) is 4.98 Å². The molecule has 0 radical (unpaired) electrons. The molecule has 1 atom stereocenters. The van der Waals surface area contributed by atoms with E-state index in [4.69, 9.17) is 9.51 Å². The van der Waals surface area contributed by atoms with Crippen molar-refractivity contribution in [2.75, 3.05) is 0 Å². The highest BCUT2D eigenvalue weighted by Crippen LogP contribution is 2.31. The van der Waals surface area contributed by atoms with Crippen molar-refractivity contribution in [2.24, 2.45) is 0 Å². The first kappa shape index (κ1) is 17.4. The van der Waals surface area contributed by atoms with Crippen molar-refractivity contribution in [3.8, 4) is 11.3 Å². The monoisotopic (exact) mass is 368 g/mol. The first-order valence-electron chi connectivity index (χ1n) is 9.36. The molecule has 4 rings (SSSR count). The lowest BCUT2D eigenvalue weighted by Crippen LogP contribution is -2.18. The molecule has 0 spiro atoms. The van der Waals surface area contributed by atoms with Gasteiger partial charge in [0.1, 0.15) is 5.01 Å². The third-order valence-electron chi connectivity index (χ3n) is 4.98. The van der Waals surface area contributed by atoms with Crippen LogP contribution in [0.1, 0.15) is 67.7 Å². The first-order valence-corrected chi connectivity index (χ1v) is 10.2. The summed E-state index contributed by atoms with van der Waals surface area (Å²) < 4.78 is 5.50. The number of hydrogen-bond acceptors (Lipinski definition) is 6. The van der Waals surface area contributed by atoms with Crippen molar-refractivity contribution >= 4 is 11.3 Å². The zero-order valence-electron chi connectivity index (χ0n) is 15.0. The number of aromatic nitrogens is 3. The lowest BCUT2D eigenvalue weighted by atomic mass is 9.89. The third kappa shape index (κ3) is 4.02. The van der Waals surface area contributed by atoms with Gasteiger partial charge >= 0.3 is 0 Å². The molecule has 1 saturated carbocycles. The highest BCUT2D eigenvalue weighted by atomic mass is 32.1. The molecule has 0 bridgehead atoms. The average molecular weight is 369 g/mol. The molecule has 3 aromatic rings. The van der Waals surface area contributed by atoms with E-state index in [1.807, 2.05) is 18.2 Å². The van der Waals surface area contributed by atoms with Crippen molar-refractivity contribution < 1.29 is 4.52 Å². The number of thiazole rings is 1. The van der Waals surface area contributed by atoms with Crippen LogP contribution >= 0.6 is 11.3 Å². The van der Waals surface area contributed by atoms with E-state index in [2.05, 4.69) is 39.9 Å². The summed E-state index contributed by atoms with van der Waals surface area (Å²) in [6.07, 6.45) is 6.24. The van der Waals surface area contributed by atoms with Gasteiger partial charge < -0.3 is 4.52 Å². The summed E-state index contributed by atoms with van der Waals surface area (Å²) >= 11 is 1.67. The molecule has 1 aliphatic carbocycles. The zero-order chi connectivity index (χ0) is 17.8. The first-order chi connectivity index (χ1) is 12.8. The molecule has 2 aromatic heterocycles. The van der Waals surface area contributed by atoms with Crippen LogP contribution in [-0.4, -0.2) is 15.1 Å². The molecule has 1 fully saturated rings. The largest absolute Gasteiger partial charge is 0.338 e. The Kier molecular flexibility index (Phi) is 5.41. The molecule has 26 heavy (non-hydrogen) atoms. The predicted molar refractivity (Wildman–Crippen MR) is 103 cm³/mol. The number of hydrogen-bond donors (Lipinski definition) is 1. The van der Waals surface area contributed by atoms with Gasteiger partial charge in [-0.1, -0.05) is 54.8 Å². The van der Waals surface area contributed by atoms with Crippen molar-refractivity contribution in [3.05, 3.63) is 52.4 Å². The van der Waals surface area contributed by atoms with Gasteiger partial charge in [-0.3, -0.25) is 5.32 Å². The number of nitrogens with one attached hydrogen (secondary N) is 1. The normalized spacial score (nSPS) is 16.7. The summed E-state index contributed by atoms with van der Waals surface area (Å²) in [7, 11) is 0. The second-order valence-corrected chi connectivity index (χ2v) is 7.86. The second kappa shape index (κ2) is 8.10. The van der Waals surface area contributed by atoms with E-state index in [1.165, 1.54) is 32.1 Å². The smallest absolute Gasteiger partial charge is 0.243 e. The van der Waals surface area contributed by atoms with Crippen LogP contribution in [-0.2, 0) is 6.54 Å². The van der Waals surface area contributed by atoms with Gasteiger partial charge in [-0.05, 0) is 19.8 Å². The predicted octanol–water partition coefficient (Wildman–Crippen LogP) is 5.09. The van der Waals surface area contributed by atoms with Gasteiger partial charge in [0.2, 0.25) is 5.89 Å². The topological polar surface area (TPSA) is 63.8 Å². The highest BCUT2D eigenvalue weighted by molar-refractivity contribution is 7.09. The van der Waals surface area contributed by atoms with E-state index >= 15 is 0 Å². The van der Waals surface area contributed by atoms with E-state index in [1.54, 1.807) is 11.3 Å². The molecular formula is C20H24N4OS. The van der Waals surface area contributed by atoms with Crippen LogP contribution in [0, 0.1) is 0 Å². The Hall–Kier alpha value is -2.05. The summed E-state index contributed by atoms with van der Waals surface area (Å²) in [5.74, 6) is 2.03. The molecule has 0 amide bonds. The van der Waals surface area contributed by atoms with Crippen LogP contribution in [0.4, 0.5) is 0 Å². The van der Waals surface area contributed by atoms with Crippen molar-refractivity contribution in [2.45, 2.75) is 57.5 Å². The Balaban J connectivity index is 1.35. The summed E-state index contributed by atoms with van der Waals surface area (Å²) in [6, 6.07) is 10.3. The van der Waals surface area contributed by atoms with Crippen LogP contribution in [0.2, 0.25) is 0 Å². The van der Waals surface area contributed by atoms with E-state index in [0.717, 1.165) is 22.1 Å². The van der Waals surface area contributed by atoms with Gasteiger partial charge in [0.05, 0.1) is 11.7 Å². The van der Waals surface area contributed by atoms with E-state index in [9.17, 15) is 0 Å². The van der Waals surface area contributed by atoms with E-state index in [0.29, 0.717) is 18.4 Å². The average Bonchev–Trinajstić information content (AvgIpc) is 3.37. The molecule has 1 aromatic carbocycles. The summed E-state index contributed by atoms with van der Waals surface area (Å²) in [5.41, 5.74) is 2.18. The van der Waals surface area contributed by atoms with Crippen LogP contribution in [0.5, 0.6) is 0 Å². The number of rotatable bonds is 6. The lowest BCUT2D eigenvalue weighted by molar-refractivity contribution is 0.329. The zero-order valence-corrected chi connectivity index (χ0v) is 15.8. The van der Waals surface area contributed by atoms with Crippen LogP contribution in [0.3, 0.4) is 0 Å². The minimum absolute atomic E-state index is 0.0175. The fourth-order valence-electron chi connectivity index (χ4n) is 3.41. The van der Waals surface area contributed by atoms with Crippen LogP contribution < -0.4 is 5.32 Å². The molecule has 136 valence electrons. The molecule has 1 N–H and O–H groups in total. The molecule has 2 heterocycles. The summed E-state index contributed by atoms with van der Waals surface area (Å²) in [5, 5.41) is 10.8. The maximum absolute atomic E-state index is 5.50. The van der Waals surface area contributed by atoms with Crippen molar-refractivity contribution in [1.29, 1.82) is 0 Å². The third-order valence-corrected chi connectivity index (χ3v) is 5.83. The van der Waals surface area contributed by atoms with Crippen molar-refractivity contribution in [3.63, 3.8) is 0 Å². The van der Waals surface area contributed by atoms with Crippen molar-refractivity contribution in [1.82, 2.24) is 20.4 Å². The number of benzene rings is 1. The van der Waals surface area contributed by atoms with Gasteiger partial charge in [0, 0.05) is 23.4 Å². The number of nitrogens with zero attached hydrogens (tertiary/aromatic N) is 3. The Bertz CT molecular complexity index is 823. The van der Waals surface area contributed by atoms with Gasteiger partial charge in [-0.2, -0.15) is 4.98 Å². The van der Waals surface area contributed by atoms with Gasteiger partial charge in [-0.15, -0.1) is 11.3 Å². The summed E-state index contributed by atoms with van der Waals surface area (Å²) in [6.45, 7) is 2.75. The Morgan fingerprint density at radius 2 is 1.96 bits per heavy atom. The minimum Gasteiger partial charge on any atom is -0.338 e. The molecule has 6 heteroatoms. The standard InChI is InChI=1S/C20H24N4OS/c1-14(20-23-19(24-25-20)16-10-6-3-7-11-16)21-12-18-22-17(13-26-18)15-8-4-2-5-9-15/h2,4-5,8-9,13-14,16,21H,3,6-7,10-12H2,1H3. The fourth-order valence-corrected chi connectivity index (χ4v) is 4.17. The minimum atomic E-state index is 0.0175. The molecule has 0 aliphatic heterocycles. The molecular weight excluding hydrogens is 344 g/mol. The van der Waals surface area contributed by atoms with Gasteiger partial charge in [0.15, 0.2) is 5.82 Å². The van der Waals surface area contributed by atoms with E-state index < -0.39 is 0 Å². The maximum atomic E-state index is 5.50. The molecule has 0 saturated heterocycles. The molecule has 1 unspecified atom stereocenters. The Morgan fingerprint density at radius 1 is 1.15 bits per heavy atom. The lowest BCUT2D eigenvalue weighted by Gasteiger charge is -2.17. The van der Waals surface area contributed by atoms with E-state index in [-0.39, 0.29) is 6.04 Å². The highest BCUT2D eigenvalue weighted by Gasteiger charge is 2.22. The Morgan fingerprint density at radius 3 is 2.77 bits per heavy atom.